The lowest BCUT2D eigenvalue weighted by Gasteiger charge is -2.06. The van der Waals surface area contributed by atoms with Gasteiger partial charge in [0.1, 0.15) is 6.61 Å². The van der Waals surface area contributed by atoms with E-state index in [-0.39, 0.29) is 11.5 Å². The Morgan fingerprint density at radius 3 is 2.69 bits per heavy atom. The van der Waals surface area contributed by atoms with E-state index in [0.717, 1.165) is 0 Å². The van der Waals surface area contributed by atoms with Gasteiger partial charge in [-0.25, -0.2) is 8.78 Å². The molecule has 0 unspecified atom stereocenters. The summed E-state index contributed by atoms with van der Waals surface area (Å²) in [5.41, 5.74) is 0. The van der Waals surface area contributed by atoms with Crippen LogP contribution in [0.4, 0.5) is 8.78 Å². The van der Waals surface area contributed by atoms with Crippen molar-refractivity contribution in [3.8, 4) is 11.5 Å². The fourth-order valence-electron chi connectivity index (χ4n) is 0.765. The van der Waals surface area contributed by atoms with Gasteiger partial charge in [-0.3, -0.25) is 0 Å². The zero-order chi connectivity index (χ0) is 9.84. The third-order valence-corrected chi connectivity index (χ3v) is 1.78. The van der Waals surface area contributed by atoms with Gasteiger partial charge in [-0.1, -0.05) is 15.9 Å². The number of alkyl halides is 2. The maximum atomic E-state index is 11.7. The van der Waals surface area contributed by atoms with E-state index in [9.17, 15) is 13.9 Å². The van der Waals surface area contributed by atoms with Crippen molar-refractivity contribution < 1.29 is 18.6 Å². The predicted octanol–water partition coefficient (Wildman–Crippen LogP) is 2.80. The third kappa shape index (κ3) is 3.18. The van der Waals surface area contributed by atoms with E-state index in [1.165, 1.54) is 12.1 Å². The lowest BCUT2D eigenvalue weighted by molar-refractivity contribution is 0.0805. The summed E-state index contributed by atoms with van der Waals surface area (Å²) in [5.74, 6) is -0.0986. The minimum atomic E-state index is -2.54. The van der Waals surface area contributed by atoms with Crippen LogP contribution in [-0.2, 0) is 0 Å². The molecule has 0 heterocycles. The average Bonchev–Trinajstić information content (AvgIpc) is 2.02. The van der Waals surface area contributed by atoms with E-state index in [4.69, 9.17) is 0 Å². The van der Waals surface area contributed by atoms with E-state index >= 15 is 0 Å². The summed E-state index contributed by atoms with van der Waals surface area (Å²) >= 11 is 3.11. The van der Waals surface area contributed by atoms with Gasteiger partial charge in [-0.2, -0.15) is 0 Å². The molecule has 0 amide bonds. The molecular formula is C8H7BrF2O2. The summed E-state index contributed by atoms with van der Waals surface area (Å²) in [6.07, 6.45) is -2.54. The van der Waals surface area contributed by atoms with Crippen LogP contribution in [0.25, 0.3) is 0 Å². The van der Waals surface area contributed by atoms with E-state index in [0.29, 0.717) is 4.47 Å². The number of phenolic OH excluding ortho intramolecular Hbond substituents is 1. The van der Waals surface area contributed by atoms with E-state index < -0.39 is 13.0 Å². The molecule has 0 bridgehead atoms. The number of aromatic hydroxyl groups is 1. The first-order chi connectivity index (χ1) is 6.09. The van der Waals surface area contributed by atoms with Crippen molar-refractivity contribution in [1.82, 2.24) is 0 Å². The SMILES string of the molecule is Oc1cc(Br)ccc1OCC(F)F. The van der Waals surface area contributed by atoms with Crippen molar-refractivity contribution in [2.45, 2.75) is 6.43 Å². The molecule has 0 radical (unpaired) electrons. The Morgan fingerprint density at radius 2 is 2.15 bits per heavy atom. The molecule has 5 heteroatoms. The summed E-state index contributed by atoms with van der Waals surface area (Å²) in [4.78, 5) is 0. The quantitative estimate of drug-likeness (QED) is 0.897. The minimum Gasteiger partial charge on any atom is -0.504 e. The molecule has 72 valence electrons. The first-order valence-electron chi connectivity index (χ1n) is 3.49. The maximum absolute atomic E-state index is 11.7. The van der Waals surface area contributed by atoms with Gasteiger partial charge >= 0.3 is 0 Å². The van der Waals surface area contributed by atoms with Gasteiger partial charge in [-0.15, -0.1) is 0 Å². The average molecular weight is 253 g/mol. The van der Waals surface area contributed by atoms with Gasteiger partial charge in [0, 0.05) is 4.47 Å². The summed E-state index contributed by atoms with van der Waals surface area (Å²) in [5, 5.41) is 9.20. The molecule has 0 spiro atoms. The second kappa shape index (κ2) is 4.41. The van der Waals surface area contributed by atoms with Gasteiger partial charge in [0.25, 0.3) is 6.43 Å². The smallest absolute Gasteiger partial charge is 0.272 e. The molecule has 0 aliphatic rings. The van der Waals surface area contributed by atoms with Crippen LogP contribution in [0.3, 0.4) is 0 Å². The second-order valence-electron chi connectivity index (χ2n) is 2.31. The minimum absolute atomic E-state index is 0.0588. The van der Waals surface area contributed by atoms with Crippen molar-refractivity contribution in [3.63, 3.8) is 0 Å². The molecule has 1 aromatic rings. The van der Waals surface area contributed by atoms with Gasteiger partial charge in [0.2, 0.25) is 0 Å². The van der Waals surface area contributed by atoms with Crippen LogP contribution < -0.4 is 4.74 Å². The molecule has 0 aliphatic heterocycles. The van der Waals surface area contributed by atoms with Crippen LogP contribution in [0.5, 0.6) is 11.5 Å². The van der Waals surface area contributed by atoms with Crippen molar-refractivity contribution >= 4 is 15.9 Å². The topological polar surface area (TPSA) is 29.5 Å². The highest BCUT2D eigenvalue weighted by molar-refractivity contribution is 9.10. The number of ether oxygens (including phenoxy) is 1. The monoisotopic (exact) mass is 252 g/mol. The van der Waals surface area contributed by atoms with Gasteiger partial charge in [0.05, 0.1) is 0 Å². The molecule has 2 nitrogen and oxygen atoms in total. The first kappa shape index (κ1) is 10.2. The molecule has 0 aliphatic carbocycles. The number of hydrogen-bond acceptors (Lipinski definition) is 2. The standard InChI is InChI=1S/C8H7BrF2O2/c9-5-1-2-7(6(12)3-5)13-4-8(10)11/h1-3,8,12H,4H2. The molecule has 0 fully saturated rings. The number of rotatable bonds is 3. The second-order valence-corrected chi connectivity index (χ2v) is 3.23. The maximum Gasteiger partial charge on any atom is 0.272 e. The van der Waals surface area contributed by atoms with Gasteiger partial charge < -0.3 is 9.84 Å². The molecule has 1 N–H and O–H groups in total. The van der Waals surface area contributed by atoms with Crippen LogP contribution in [-0.4, -0.2) is 18.1 Å². The summed E-state index contributed by atoms with van der Waals surface area (Å²) in [7, 11) is 0. The summed E-state index contributed by atoms with van der Waals surface area (Å²) in [6.45, 7) is -0.713. The zero-order valence-electron chi connectivity index (χ0n) is 6.51. The highest BCUT2D eigenvalue weighted by atomic mass is 79.9. The summed E-state index contributed by atoms with van der Waals surface area (Å²) < 4.78 is 28.7. The van der Waals surface area contributed by atoms with E-state index in [1.54, 1.807) is 6.07 Å². The van der Waals surface area contributed by atoms with E-state index in [1.807, 2.05) is 0 Å². The Labute approximate surface area is 82.3 Å². The molecule has 0 saturated carbocycles. The van der Waals surface area contributed by atoms with Crippen molar-refractivity contribution in [3.05, 3.63) is 22.7 Å². The molecule has 0 atom stereocenters. The zero-order valence-corrected chi connectivity index (χ0v) is 8.09. The molecular weight excluding hydrogens is 246 g/mol. The number of hydrogen-bond donors (Lipinski definition) is 1. The molecule has 1 rings (SSSR count). The highest BCUT2D eigenvalue weighted by Gasteiger charge is 2.06. The lowest BCUT2D eigenvalue weighted by Crippen LogP contribution is -2.06. The van der Waals surface area contributed by atoms with Crippen molar-refractivity contribution in [1.29, 1.82) is 0 Å². The Morgan fingerprint density at radius 1 is 1.46 bits per heavy atom. The van der Waals surface area contributed by atoms with Crippen LogP contribution in [0.1, 0.15) is 0 Å². The van der Waals surface area contributed by atoms with E-state index in [2.05, 4.69) is 20.7 Å². The van der Waals surface area contributed by atoms with Crippen LogP contribution in [0.15, 0.2) is 22.7 Å². The Balaban J connectivity index is 2.67. The van der Waals surface area contributed by atoms with Gasteiger partial charge in [0.15, 0.2) is 11.5 Å². The van der Waals surface area contributed by atoms with Crippen LogP contribution >= 0.6 is 15.9 Å². The fraction of sp³-hybridized carbons (Fsp3) is 0.250. The van der Waals surface area contributed by atoms with Crippen molar-refractivity contribution in [2.24, 2.45) is 0 Å². The van der Waals surface area contributed by atoms with Crippen molar-refractivity contribution in [2.75, 3.05) is 6.61 Å². The third-order valence-electron chi connectivity index (χ3n) is 1.29. The van der Waals surface area contributed by atoms with Crippen LogP contribution in [0, 0.1) is 0 Å². The predicted molar refractivity (Wildman–Crippen MR) is 47.3 cm³/mol. The fourth-order valence-corrected chi connectivity index (χ4v) is 1.11. The molecule has 0 aromatic heterocycles. The largest absolute Gasteiger partial charge is 0.504 e. The number of halogens is 3. The molecule has 1 aromatic carbocycles. The Hall–Kier alpha value is -0.840. The normalized spacial score (nSPS) is 10.5. The Bertz CT molecular complexity index is 291. The lowest BCUT2D eigenvalue weighted by atomic mass is 10.3. The molecule has 13 heavy (non-hydrogen) atoms. The highest BCUT2D eigenvalue weighted by Crippen LogP contribution is 2.29. The summed E-state index contributed by atoms with van der Waals surface area (Å²) in [6, 6.07) is 4.39. The Kier molecular flexibility index (Phi) is 3.48. The number of benzene rings is 1. The number of phenols is 1. The van der Waals surface area contributed by atoms with Gasteiger partial charge in [-0.05, 0) is 18.2 Å². The molecule has 0 saturated heterocycles. The van der Waals surface area contributed by atoms with Crippen LogP contribution in [0.2, 0.25) is 0 Å². The first-order valence-corrected chi connectivity index (χ1v) is 4.28.